The molecule has 2 aromatic rings. The molecule has 0 fully saturated rings. The van der Waals surface area contributed by atoms with Gasteiger partial charge in [0.05, 0.1) is 17.2 Å². The fourth-order valence-corrected chi connectivity index (χ4v) is 3.63. The Morgan fingerprint density at radius 1 is 1.15 bits per heavy atom. The second-order valence-corrected chi connectivity index (χ2v) is 7.52. The van der Waals surface area contributed by atoms with Crippen molar-refractivity contribution in [3.63, 3.8) is 0 Å². The smallest absolute Gasteiger partial charge is 0.261 e. The number of rotatable bonds is 8. The first-order valence-corrected chi connectivity index (χ1v) is 9.86. The summed E-state index contributed by atoms with van der Waals surface area (Å²) in [5.41, 5.74) is 2.47. The molecule has 140 valence electrons. The number of aryl methyl sites for hydroxylation is 2. The highest BCUT2D eigenvalue weighted by molar-refractivity contribution is 7.92. The molecule has 2 aromatic carbocycles. The van der Waals surface area contributed by atoms with Crippen molar-refractivity contribution in [2.45, 2.75) is 25.2 Å². The van der Waals surface area contributed by atoms with Gasteiger partial charge in [-0.1, -0.05) is 31.2 Å². The predicted molar refractivity (Wildman–Crippen MR) is 102 cm³/mol. The number of hydrogen-bond acceptors (Lipinski definition) is 4. The van der Waals surface area contributed by atoms with Crippen LogP contribution in [-0.2, 0) is 21.2 Å². The molecule has 0 heterocycles. The summed E-state index contributed by atoms with van der Waals surface area (Å²) in [6.07, 6.45) is 0.708. The van der Waals surface area contributed by atoms with Crippen LogP contribution in [0.3, 0.4) is 0 Å². The second kappa shape index (κ2) is 8.82. The number of carbonyl (C=O) groups excluding carboxylic acids is 1. The SMILES string of the molecule is CCc1ccccc1NS(=O)(=O)c1ccc(C)c(C(=O)NCCOC)c1. The minimum atomic E-state index is -3.80. The van der Waals surface area contributed by atoms with Crippen LogP contribution in [0.4, 0.5) is 5.69 Å². The topological polar surface area (TPSA) is 84.5 Å². The molecule has 0 aliphatic heterocycles. The lowest BCUT2D eigenvalue weighted by Gasteiger charge is -2.13. The Kier molecular flexibility index (Phi) is 6.76. The largest absolute Gasteiger partial charge is 0.383 e. The van der Waals surface area contributed by atoms with Gasteiger partial charge in [-0.2, -0.15) is 0 Å². The van der Waals surface area contributed by atoms with Gasteiger partial charge in [-0.25, -0.2) is 8.42 Å². The van der Waals surface area contributed by atoms with Gasteiger partial charge in [0, 0.05) is 19.2 Å². The summed E-state index contributed by atoms with van der Waals surface area (Å²) in [5, 5.41) is 2.71. The van der Waals surface area contributed by atoms with Crippen LogP contribution in [0, 0.1) is 6.92 Å². The number of ether oxygens (including phenoxy) is 1. The normalized spacial score (nSPS) is 11.2. The molecule has 0 saturated carbocycles. The van der Waals surface area contributed by atoms with E-state index in [1.54, 1.807) is 32.2 Å². The van der Waals surface area contributed by atoms with E-state index in [1.165, 1.54) is 12.1 Å². The van der Waals surface area contributed by atoms with Gasteiger partial charge in [0.1, 0.15) is 0 Å². The van der Waals surface area contributed by atoms with Gasteiger partial charge >= 0.3 is 0 Å². The molecule has 0 saturated heterocycles. The monoisotopic (exact) mass is 376 g/mol. The van der Waals surface area contributed by atoms with Crippen LogP contribution < -0.4 is 10.0 Å². The fraction of sp³-hybridized carbons (Fsp3) is 0.316. The van der Waals surface area contributed by atoms with E-state index < -0.39 is 10.0 Å². The summed E-state index contributed by atoms with van der Waals surface area (Å²) in [6, 6.07) is 11.8. The van der Waals surface area contributed by atoms with Crippen LogP contribution in [0.25, 0.3) is 0 Å². The van der Waals surface area contributed by atoms with Gasteiger partial charge in [-0.05, 0) is 42.7 Å². The van der Waals surface area contributed by atoms with Crippen molar-refractivity contribution >= 4 is 21.6 Å². The molecular weight excluding hydrogens is 352 g/mol. The summed E-state index contributed by atoms with van der Waals surface area (Å²) in [7, 11) is -2.25. The number of benzene rings is 2. The number of para-hydroxylation sites is 1. The van der Waals surface area contributed by atoms with Crippen LogP contribution >= 0.6 is 0 Å². The van der Waals surface area contributed by atoms with Crippen molar-refractivity contribution < 1.29 is 17.9 Å². The van der Waals surface area contributed by atoms with E-state index in [0.717, 1.165) is 5.56 Å². The number of sulfonamides is 1. The van der Waals surface area contributed by atoms with Gasteiger partial charge in [0.25, 0.3) is 15.9 Å². The van der Waals surface area contributed by atoms with E-state index in [4.69, 9.17) is 4.74 Å². The average molecular weight is 376 g/mol. The molecule has 0 aliphatic rings. The minimum absolute atomic E-state index is 0.0471. The Bertz CT molecular complexity index is 879. The number of hydrogen-bond donors (Lipinski definition) is 2. The molecule has 0 aromatic heterocycles. The Hall–Kier alpha value is -2.38. The molecule has 26 heavy (non-hydrogen) atoms. The molecule has 0 bridgehead atoms. The lowest BCUT2D eigenvalue weighted by Crippen LogP contribution is -2.28. The molecule has 2 rings (SSSR count). The van der Waals surface area contributed by atoms with E-state index in [0.29, 0.717) is 36.4 Å². The maximum Gasteiger partial charge on any atom is 0.261 e. The summed E-state index contributed by atoms with van der Waals surface area (Å²) in [5.74, 6) is -0.328. The number of methoxy groups -OCH3 is 1. The molecule has 0 radical (unpaired) electrons. The molecule has 2 N–H and O–H groups in total. The average Bonchev–Trinajstić information content (AvgIpc) is 2.62. The lowest BCUT2D eigenvalue weighted by atomic mass is 10.1. The predicted octanol–water partition coefficient (Wildman–Crippen LogP) is 2.73. The number of anilines is 1. The molecular formula is C19H24N2O4S. The van der Waals surface area contributed by atoms with Crippen LogP contribution in [0.1, 0.15) is 28.4 Å². The number of carbonyl (C=O) groups is 1. The van der Waals surface area contributed by atoms with E-state index in [-0.39, 0.29) is 10.8 Å². The maximum atomic E-state index is 12.8. The fourth-order valence-electron chi connectivity index (χ4n) is 2.51. The van der Waals surface area contributed by atoms with Crippen LogP contribution in [0.15, 0.2) is 47.4 Å². The van der Waals surface area contributed by atoms with Crippen LogP contribution in [0.2, 0.25) is 0 Å². The summed E-state index contributed by atoms with van der Waals surface area (Å²) < 4.78 is 33.0. The van der Waals surface area contributed by atoms with Gasteiger partial charge in [-0.15, -0.1) is 0 Å². The Morgan fingerprint density at radius 3 is 2.58 bits per heavy atom. The standard InChI is InChI=1S/C19H24N2O4S/c1-4-15-7-5-6-8-18(15)21-26(23,24)16-10-9-14(2)17(13-16)19(22)20-11-12-25-3/h5-10,13,21H,4,11-12H2,1-3H3,(H,20,22). The summed E-state index contributed by atoms with van der Waals surface area (Å²) in [6.45, 7) is 4.47. The quantitative estimate of drug-likeness (QED) is 0.694. The van der Waals surface area contributed by atoms with E-state index >= 15 is 0 Å². The van der Waals surface area contributed by atoms with E-state index in [1.807, 2.05) is 19.1 Å². The molecule has 0 atom stereocenters. The van der Waals surface area contributed by atoms with Crippen molar-refractivity contribution in [3.05, 3.63) is 59.2 Å². The Morgan fingerprint density at radius 2 is 1.88 bits per heavy atom. The summed E-state index contributed by atoms with van der Waals surface area (Å²) >= 11 is 0. The third kappa shape index (κ3) is 4.83. The number of nitrogens with one attached hydrogen (secondary N) is 2. The third-order valence-electron chi connectivity index (χ3n) is 4.00. The second-order valence-electron chi connectivity index (χ2n) is 5.84. The number of amides is 1. The molecule has 0 unspecified atom stereocenters. The highest BCUT2D eigenvalue weighted by atomic mass is 32.2. The van der Waals surface area contributed by atoms with Gasteiger partial charge in [0.2, 0.25) is 0 Å². The van der Waals surface area contributed by atoms with Crippen LogP contribution in [-0.4, -0.2) is 34.6 Å². The first kappa shape index (κ1) is 19.9. The molecule has 6 nitrogen and oxygen atoms in total. The van der Waals surface area contributed by atoms with E-state index in [9.17, 15) is 13.2 Å². The highest BCUT2D eigenvalue weighted by Gasteiger charge is 2.19. The third-order valence-corrected chi connectivity index (χ3v) is 5.36. The van der Waals surface area contributed by atoms with Gasteiger partial charge in [-0.3, -0.25) is 9.52 Å². The zero-order chi connectivity index (χ0) is 19.2. The first-order valence-electron chi connectivity index (χ1n) is 8.37. The van der Waals surface area contributed by atoms with Crippen molar-refractivity contribution in [1.82, 2.24) is 5.32 Å². The highest BCUT2D eigenvalue weighted by Crippen LogP contribution is 2.22. The van der Waals surface area contributed by atoms with E-state index in [2.05, 4.69) is 10.0 Å². The molecule has 0 aliphatic carbocycles. The first-order chi connectivity index (χ1) is 12.4. The zero-order valence-corrected chi connectivity index (χ0v) is 16.0. The van der Waals surface area contributed by atoms with Crippen molar-refractivity contribution in [3.8, 4) is 0 Å². The van der Waals surface area contributed by atoms with Crippen molar-refractivity contribution in [2.24, 2.45) is 0 Å². The summed E-state index contributed by atoms with van der Waals surface area (Å²) in [4.78, 5) is 12.3. The maximum absolute atomic E-state index is 12.8. The Balaban J connectivity index is 2.29. The van der Waals surface area contributed by atoms with Gasteiger partial charge in [0.15, 0.2) is 0 Å². The van der Waals surface area contributed by atoms with Crippen molar-refractivity contribution in [2.75, 3.05) is 25.0 Å². The minimum Gasteiger partial charge on any atom is -0.383 e. The Labute approximate surface area is 154 Å². The zero-order valence-electron chi connectivity index (χ0n) is 15.2. The molecule has 0 spiro atoms. The van der Waals surface area contributed by atoms with Gasteiger partial charge < -0.3 is 10.1 Å². The lowest BCUT2D eigenvalue weighted by molar-refractivity contribution is 0.0936. The van der Waals surface area contributed by atoms with Crippen molar-refractivity contribution in [1.29, 1.82) is 0 Å². The molecule has 1 amide bonds. The molecule has 7 heteroatoms. The van der Waals surface area contributed by atoms with Crippen LogP contribution in [0.5, 0.6) is 0 Å².